The van der Waals surface area contributed by atoms with Gasteiger partial charge < -0.3 is 14.6 Å². The van der Waals surface area contributed by atoms with Gasteiger partial charge in [-0.2, -0.15) is 0 Å². The number of imidazole rings is 1. The number of nitrogens with zero attached hydrogens (tertiary/aromatic N) is 1. The Hall–Kier alpha value is -2.12. The molecule has 0 amide bonds. The number of aromatic nitrogens is 2. The molecular weight excluding hydrogens is 376 g/mol. The molecule has 0 bridgehead atoms. The highest BCUT2D eigenvalue weighted by Gasteiger charge is 2.27. The number of thioether (sulfide) groups is 1. The van der Waals surface area contributed by atoms with Gasteiger partial charge in [-0.1, -0.05) is 6.07 Å². The van der Waals surface area contributed by atoms with E-state index in [1.165, 1.54) is 11.8 Å². The summed E-state index contributed by atoms with van der Waals surface area (Å²) in [5.41, 5.74) is 1.05. The van der Waals surface area contributed by atoms with Gasteiger partial charge in [0.1, 0.15) is 19.0 Å². The van der Waals surface area contributed by atoms with Gasteiger partial charge in [-0.05, 0) is 41.6 Å². The molecular formula is C18H18ClN2O4S+. The maximum absolute atomic E-state index is 10.8. The lowest BCUT2D eigenvalue weighted by Crippen LogP contribution is -2.52. The zero-order valence-corrected chi connectivity index (χ0v) is 15.6. The first-order valence-corrected chi connectivity index (χ1v) is 9.65. The molecule has 6 nitrogen and oxygen atoms in total. The second kappa shape index (κ2) is 6.89. The summed E-state index contributed by atoms with van der Waals surface area (Å²) < 4.78 is 13.2. The fraction of sp³-hybridized carbons (Fsp3) is 0.333. The average Bonchev–Trinajstić information content (AvgIpc) is 2.94. The topological polar surface area (TPSA) is 75.4 Å². The normalized spacial score (nSPS) is 20.7. The van der Waals surface area contributed by atoms with Crippen molar-refractivity contribution in [2.45, 2.75) is 16.5 Å². The number of aromatic amines is 1. The van der Waals surface area contributed by atoms with Crippen LogP contribution in [0.3, 0.4) is 0 Å². The number of hydrogen-bond donors (Lipinski definition) is 2. The number of alkyl halides is 1. The number of nitrogens with one attached hydrogen (secondary N) is 1. The number of aliphatic carboxylic acids is 1. The second-order valence-corrected chi connectivity index (χ2v) is 7.65. The highest BCUT2D eigenvalue weighted by Crippen LogP contribution is 2.36. The molecule has 0 radical (unpaired) electrons. The number of hydrogen-bond acceptors (Lipinski definition) is 4. The summed E-state index contributed by atoms with van der Waals surface area (Å²) in [6.07, 6.45) is 4.09. The Bertz CT molecular complexity index is 988. The number of ether oxygens (including phenoxy) is 2. The van der Waals surface area contributed by atoms with Gasteiger partial charge in [0.2, 0.25) is 0 Å². The molecule has 8 heteroatoms. The average molecular weight is 394 g/mol. The third-order valence-corrected chi connectivity index (χ3v) is 5.91. The largest absolute Gasteiger partial charge is 0.486 e. The van der Waals surface area contributed by atoms with Crippen LogP contribution in [0.15, 0.2) is 23.4 Å². The monoisotopic (exact) mass is 393 g/mol. The van der Waals surface area contributed by atoms with Crippen LogP contribution in [-0.2, 0) is 11.8 Å². The molecule has 1 aliphatic heterocycles. The van der Waals surface area contributed by atoms with Crippen LogP contribution in [-0.4, -0.2) is 40.4 Å². The van der Waals surface area contributed by atoms with Crippen molar-refractivity contribution in [3.63, 3.8) is 0 Å². The molecule has 0 fully saturated rings. The number of carboxylic acid groups (broad SMARTS) is 1. The summed E-state index contributed by atoms with van der Waals surface area (Å²) >= 11 is 7.88. The standard InChI is InChI=1S/C18H17ClN2O4S/c1-21-14-7-11(10-2-3-15-16(6-10)25-5-4-24-15)12(19)8-13(14)20-18(21)26-9-17(22)23/h2-3,6-8,11-12H,4-5,9H2,1H3,(H,22,23)/p+1. The van der Waals surface area contributed by atoms with E-state index in [-0.39, 0.29) is 17.0 Å². The Balaban J connectivity index is 1.71. The van der Waals surface area contributed by atoms with E-state index < -0.39 is 5.97 Å². The first kappa shape index (κ1) is 17.3. The van der Waals surface area contributed by atoms with Crippen LogP contribution in [0.5, 0.6) is 11.5 Å². The van der Waals surface area contributed by atoms with Crippen molar-refractivity contribution in [3.05, 3.63) is 34.5 Å². The van der Waals surface area contributed by atoms with Crippen LogP contribution >= 0.6 is 23.4 Å². The fourth-order valence-electron chi connectivity index (χ4n) is 3.22. The van der Waals surface area contributed by atoms with Gasteiger partial charge in [0.25, 0.3) is 0 Å². The molecule has 136 valence electrons. The van der Waals surface area contributed by atoms with Crippen molar-refractivity contribution in [3.8, 4) is 11.5 Å². The van der Waals surface area contributed by atoms with Crippen LogP contribution in [0, 0.1) is 0 Å². The van der Waals surface area contributed by atoms with Crippen molar-refractivity contribution < 1.29 is 23.9 Å². The van der Waals surface area contributed by atoms with Crippen molar-refractivity contribution in [1.82, 2.24) is 4.98 Å². The third-order valence-electron chi connectivity index (χ3n) is 4.47. The third kappa shape index (κ3) is 3.17. The molecule has 1 aliphatic carbocycles. The molecule has 0 saturated carbocycles. The molecule has 0 spiro atoms. The Morgan fingerprint density at radius 2 is 2.12 bits per heavy atom. The molecule has 2 atom stereocenters. The molecule has 1 aromatic carbocycles. The van der Waals surface area contributed by atoms with Gasteiger partial charge in [0.05, 0.1) is 12.4 Å². The highest BCUT2D eigenvalue weighted by atomic mass is 35.5. The summed E-state index contributed by atoms with van der Waals surface area (Å²) in [5, 5.41) is 11.4. The lowest BCUT2D eigenvalue weighted by Gasteiger charge is -2.22. The second-order valence-electron chi connectivity index (χ2n) is 6.18. The Labute approximate surface area is 159 Å². The van der Waals surface area contributed by atoms with Crippen LogP contribution in [0.25, 0.3) is 12.2 Å². The fourth-order valence-corrected chi connectivity index (χ4v) is 4.30. The number of fused-ring (bicyclic) bond motifs is 2. The summed E-state index contributed by atoms with van der Waals surface area (Å²) in [5.74, 6) is 0.640. The molecule has 0 saturated heterocycles. The van der Waals surface area contributed by atoms with Crippen LogP contribution in [0.2, 0.25) is 0 Å². The van der Waals surface area contributed by atoms with Crippen molar-refractivity contribution in [2.75, 3.05) is 19.0 Å². The first-order chi connectivity index (χ1) is 12.5. The maximum Gasteiger partial charge on any atom is 0.317 e. The van der Waals surface area contributed by atoms with Gasteiger partial charge >= 0.3 is 11.1 Å². The van der Waals surface area contributed by atoms with Crippen molar-refractivity contribution in [1.29, 1.82) is 0 Å². The van der Waals surface area contributed by atoms with Crippen LogP contribution in [0.4, 0.5) is 0 Å². The Morgan fingerprint density at radius 3 is 2.88 bits per heavy atom. The van der Waals surface area contributed by atoms with Gasteiger partial charge in [0.15, 0.2) is 22.2 Å². The zero-order valence-electron chi connectivity index (χ0n) is 14.1. The summed E-state index contributed by atoms with van der Waals surface area (Å²) in [6, 6.07) is 5.91. The predicted molar refractivity (Wildman–Crippen MR) is 98.3 cm³/mol. The Kier molecular flexibility index (Phi) is 4.58. The smallest absolute Gasteiger partial charge is 0.317 e. The molecule has 2 N–H and O–H groups in total. The molecule has 2 aromatic rings. The molecule has 2 unspecified atom stereocenters. The minimum Gasteiger partial charge on any atom is -0.486 e. The SMILES string of the molecule is C[n+]1c(SCC(=O)O)[nH]c2c1=CC(c1ccc3c(c1)OCCO3)C(Cl)C=2. The van der Waals surface area contributed by atoms with Crippen LogP contribution in [0.1, 0.15) is 11.5 Å². The number of halogens is 1. The van der Waals surface area contributed by atoms with Crippen molar-refractivity contribution in [2.24, 2.45) is 7.05 Å². The van der Waals surface area contributed by atoms with E-state index in [4.69, 9.17) is 26.2 Å². The van der Waals surface area contributed by atoms with E-state index in [0.29, 0.717) is 13.2 Å². The number of benzene rings is 1. The van der Waals surface area contributed by atoms with Gasteiger partial charge in [-0.3, -0.25) is 4.79 Å². The molecule has 2 heterocycles. The number of rotatable bonds is 4. The highest BCUT2D eigenvalue weighted by molar-refractivity contribution is 7.99. The molecule has 1 aromatic heterocycles. The van der Waals surface area contributed by atoms with Crippen LogP contribution < -0.4 is 24.7 Å². The van der Waals surface area contributed by atoms with E-state index in [1.54, 1.807) is 0 Å². The predicted octanol–water partition coefficient (Wildman–Crippen LogP) is 0.753. The number of H-pyrrole nitrogens is 1. The van der Waals surface area contributed by atoms with E-state index in [2.05, 4.69) is 11.1 Å². The summed E-state index contributed by atoms with van der Waals surface area (Å²) in [7, 11) is 1.92. The van der Waals surface area contributed by atoms with E-state index in [9.17, 15) is 4.79 Å². The zero-order chi connectivity index (χ0) is 18.3. The van der Waals surface area contributed by atoms with E-state index in [1.807, 2.05) is 35.9 Å². The maximum atomic E-state index is 10.8. The van der Waals surface area contributed by atoms with Gasteiger partial charge in [-0.25, -0.2) is 9.55 Å². The number of carboxylic acids is 1. The minimum absolute atomic E-state index is 0.00310. The lowest BCUT2D eigenvalue weighted by atomic mass is 9.92. The molecule has 4 rings (SSSR count). The molecule has 2 aliphatic rings. The quantitative estimate of drug-likeness (QED) is 0.455. The molecule has 26 heavy (non-hydrogen) atoms. The summed E-state index contributed by atoms with van der Waals surface area (Å²) in [4.78, 5) is 14.1. The van der Waals surface area contributed by atoms with Gasteiger partial charge in [0, 0.05) is 5.92 Å². The van der Waals surface area contributed by atoms with Gasteiger partial charge in [-0.15, -0.1) is 11.6 Å². The summed E-state index contributed by atoms with van der Waals surface area (Å²) in [6.45, 7) is 1.11. The minimum atomic E-state index is -0.847. The Morgan fingerprint density at radius 1 is 1.35 bits per heavy atom. The lowest BCUT2D eigenvalue weighted by molar-refractivity contribution is -0.720. The first-order valence-electron chi connectivity index (χ1n) is 8.23. The van der Waals surface area contributed by atoms with E-state index >= 15 is 0 Å². The van der Waals surface area contributed by atoms with Crippen molar-refractivity contribution >= 4 is 41.5 Å². The van der Waals surface area contributed by atoms with E-state index in [0.717, 1.165) is 32.9 Å². The number of carbonyl (C=O) groups is 1.